The van der Waals surface area contributed by atoms with Crippen molar-refractivity contribution in [3.8, 4) is 0 Å². The lowest BCUT2D eigenvalue weighted by atomic mass is 9.95. The van der Waals surface area contributed by atoms with Crippen LogP contribution in [-0.4, -0.2) is 26.2 Å². The molecule has 1 aliphatic carbocycles. The van der Waals surface area contributed by atoms with Gasteiger partial charge in [-0.05, 0) is 55.8 Å². The van der Waals surface area contributed by atoms with Crippen LogP contribution in [0.4, 0.5) is 5.69 Å². The molecule has 1 N–H and O–H groups in total. The van der Waals surface area contributed by atoms with Gasteiger partial charge < -0.3 is 10.2 Å². The maximum Gasteiger partial charge on any atom is 0.0366 e. The highest BCUT2D eigenvalue weighted by molar-refractivity contribution is 5.50. The van der Waals surface area contributed by atoms with E-state index in [1.54, 1.807) is 5.56 Å². The van der Waals surface area contributed by atoms with Gasteiger partial charge >= 0.3 is 0 Å². The van der Waals surface area contributed by atoms with Gasteiger partial charge in [0, 0.05) is 30.7 Å². The Balaban J connectivity index is 1.54. The molecule has 1 saturated carbocycles. The summed E-state index contributed by atoms with van der Waals surface area (Å²) in [5, 5.41) is 3.53. The fourth-order valence-corrected chi connectivity index (χ4v) is 3.95. The first-order valence-electron chi connectivity index (χ1n) is 7.45. The summed E-state index contributed by atoms with van der Waals surface area (Å²) in [7, 11) is 0. The van der Waals surface area contributed by atoms with Crippen LogP contribution < -0.4 is 10.2 Å². The predicted octanol–water partition coefficient (Wildman–Crippen LogP) is 2.54. The number of benzene rings is 1. The number of nitrogens with one attached hydrogen (secondary N) is 1. The Morgan fingerprint density at radius 1 is 1.06 bits per heavy atom. The van der Waals surface area contributed by atoms with E-state index in [2.05, 4.69) is 34.5 Å². The first-order valence-corrected chi connectivity index (χ1v) is 7.45. The second-order valence-electron chi connectivity index (χ2n) is 6.28. The van der Waals surface area contributed by atoms with Crippen LogP contribution in [0.3, 0.4) is 0 Å². The molecule has 0 bridgehead atoms. The summed E-state index contributed by atoms with van der Waals surface area (Å²) in [6.45, 7) is 4.91. The zero-order valence-corrected chi connectivity index (χ0v) is 11.0. The van der Waals surface area contributed by atoms with Gasteiger partial charge in [0.1, 0.15) is 0 Å². The summed E-state index contributed by atoms with van der Waals surface area (Å²) in [5.41, 5.74) is 3.51. The lowest BCUT2D eigenvalue weighted by molar-refractivity contribution is 0.577. The van der Waals surface area contributed by atoms with Crippen LogP contribution in [-0.2, 0) is 5.41 Å². The van der Waals surface area contributed by atoms with Crippen molar-refractivity contribution in [3.05, 3.63) is 29.8 Å². The van der Waals surface area contributed by atoms with Crippen molar-refractivity contribution < 1.29 is 0 Å². The molecule has 3 aliphatic rings. The molecule has 0 unspecified atom stereocenters. The Morgan fingerprint density at radius 3 is 2.44 bits per heavy atom. The highest BCUT2D eigenvalue weighted by Gasteiger charge is 2.57. The van der Waals surface area contributed by atoms with Crippen LogP contribution in [0.15, 0.2) is 24.3 Å². The average Bonchev–Trinajstić information content (AvgIpc) is 3.02. The van der Waals surface area contributed by atoms with Gasteiger partial charge in [-0.15, -0.1) is 0 Å². The highest BCUT2D eigenvalue weighted by atomic mass is 15.1. The Labute approximate surface area is 109 Å². The number of nitrogens with zero attached hydrogens (tertiary/aromatic N) is 1. The molecular formula is C16H22N2. The third-order valence-corrected chi connectivity index (χ3v) is 5.23. The lowest BCUT2D eigenvalue weighted by Crippen LogP contribution is -2.29. The third-order valence-electron chi connectivity index (χ3n) is 5.23. The van der Waals surface area contributed by atoms with E-state index in [-0.39, 0.29) is 0 Å². The molecule has 0 radical (unpaired) electrons. The largest absolute Gasteiger partial charge is 0.372 e. The van der Waals surface area contributed by atoms with E-state index in [1.165, 1.54) is 57.5 Å². The first-order chi connectivity index (χ1) is 8.88. The topological polar surface area (TPSA) is 15.3 Å². The molecule has 3 fully saturated rings. The van der Waals surface area contributed by atoms with Gasteiger partial charge in [0.25, 0.3) is 0 Å². The fraction of sp³-hybridized carbons (Fsp3) is 0.625. The van der Waals surface area contributed by atoms with Crippen molar-refractivity contribution in [2.24, 2.45) is 5.92 Å². The zero-order chi connectivity index (χ0) is 12.0. The highest BCUT2D eigenvalue weighted by Crippen LogP contribution is 2.56. The van der Waals surface area contributed by atoms with E-state index in [0.717, 1.165) is 5.92 Å². The van der Waals surface area contributed by atoms with E-state index < -0.39 is 0 Å². The normalized spacial score (nSPS) is 34.4. The van der Waals surface area contributed by atoms with Gasteiger partial charge in [0.2, 0.25) is 0 Å². The molecule has 96 valence electrons. The Hall–Kier alpha value is -1.02. The number of fused-ring (bicyclic) bond motifs is 1. The molecule has 0 aromatic heterocycles. The maximum absolute atomic E-state index is 3.53. The minimum absolute atomic E-state index is 0.514. The molecule has 18 heavy (non-hydrogen) atoms. The molecule has 1 aromatic rings. The molecule has 2 heteroatoms. The molecule has 0 spiro atoms. The van der Waals surface area contributed by atoms with Gasteiger partial charge in [-0.2, -0.15) is 0 Å². The average molecular weight is 242 g/mol. The summed E-state index contributed by atoms with van der Waals surface area (Å²) in [4.78, 5) is 2.54. The molecule has 4 rings (SSSR count). The monoisotopic (exact) mass is 242 g/mol. The van der Waals surface area contributed by atoms with Gasteiger partial charge in [-0.25, -0.2) is 0 Å². The van der Waals surface area contributed by atoms with Crippen LogP contribution in [0.1, 0.15) is 31.2 Å². The Bertz CT molecular complexity index is 433. The Kier molecular flexibility index (Phi) is 2.41. The van der Waals surface area contributed by atoms with E-state index in [9.17, 15) is 0 Å². The second kappa shape index (κ2) is 3.99. The number of hydrogen-bond acceptors (Lipinski definition) is 2. The van der Waals surface area contributed by atoms with Gasteiger partial charge in [0.05, 0.1) is 0 Å². The molecule has 2 aliphatic heterocycles. The Morgan fingerprint density at radius 2 is 1.83 bits per heavy atom. The van der Waals surface area contributed by atoms with Crippen LogP contribution in [0.5, 0.6) is 0 Å². The van der Waals surface area contributed by atoms with E-state index >= 15 is 0 Å². The SMILES string of the molecule is c1cc([C@]23CNC[C@H]2C3)ccc1N1CCCCC1. The van der Waals surface area contributed by atoms with Crippen LogP contribution in [0, 0.1) is 5.92 Å². The predicted molar refractivity (Wildman–Crippen MR) is 75.2 cm³/mol. The number of rotatable bonds is 2. The molecule has 2 heterocycles. The molecular weight excluding hydrogens is 220 g/mol. The van der Waals surface area contributed by atoms with Crippen LogP contribution in [0.25, 0.3) is 0 Å². The van der Waals surface area contributed by atoms with Gasteiger partial charge in [-0.3, -0.25) is 0 Å². The first kappa shape index (κ1) is 10.9. The molecule has 0 amide bonds. The lowest BCUT2D eigenvalue weighted by Gasteiger charge is -2.29. The molecule has 2 nitrogen and oxygen atoms in total. The van der Waals surface area contributed by atoms with Crippen molar-refractivity contribution in [2.45, 2.75) is 31.1 Å². The van der Waals surface area contributed by atoms with E-state index in [1.807, 2.05) is 0 Å². The van der Waals surface area contributed by atoms with Crippen molar-refractivity contribution in [3.63, 3.8) is 0 Å². The maximum atomic E-state index is 3.53. The summed E-state index contributed by atoms with van der Waals surface area (Å²) in [6.07, 6.45) is 5.53. The number of anilines is 1. The van der Waals surface area contributed by atoms with Crippen molar-refractivity contribution in [1.29, 1.82) is 0 Å². The van der Waals surface area contributed by atoms with Crippen molar-refractivity contribution in [2.75, 3.05) is 31.1 Å². The minimum Gasteiger partial charge on any atom is -0.372 e. The van der Waals surface area contributed by atoms with Gasteiger partial charge in [-0.1, -0.05) is 12.1 Å². The van der Waals surface area contributed by atoms with E-state index in [0.29, 0.717) is 5.41 Å². The second-order valence-corrected chi connectivity index (χ2v) is 6.28. The van der Waals surface area contributed by atoms with Crippen molar-refractivity contribution in [1.82, 2.24) is 5.32 Å². The van der Waals surface area contributed by atoms with Crippen LogP contribution in [0.2, 0.25) is 0 Å². The minimum atomic E-state index is 0.514. The number of hydrogen-bond donors (Lipinski definition) is 1. The molecule has 1 aromatic carbocycles. The van der Waals surface area contributed by atoms with Crippen LogP contribution >= 0.6 is 0 Å². The smallest absolute Gasteiger partial charge is 0.0366 e. The van der Waals surface area contributed by atoms with E-state index in [4.69, 9.17) is 0 Å². The van der Waals surface area contributed by atoms with Crippen molar-refractivity contribution >= 4 is 5.69 Å². The summed E-state index contributed by atoms with van der Waals surface area (Å²) in [6, 6.07) is 9.47. The van der Waals surface area contributed by atoms with Gasteiger partial charge in [0.15, 0.2) is 0 Å². The summed E-state index contributed by atoms with van der Waals surface area (Å²) in [5.74, 6) is 0.915. The molecule has 2 saturated heterocycles. The standard InChI is InChI=1S/C16H22N2/c1-2-8-18(9-3-1)15-6-4-13(5-7-15)16-10-14(16)11-17-12-16/h4-7,14,17H,1-3,8-12H2/t14-,16+/m1/s1. The molecule has 2 atom stereocenters. The summed E-state index contributed by atoms with van der Waals surface area (Å²) < 4.78 is 0. The number of piperidine rings is 2. The zero-order valence-electron chi connectivity index (χ0n) is 11.0. The third kappa shape index (κ3) is 1.58. The quantitative estimate of drug-likeness (QED) is 0.857. The summed E-state index contributed by atoms with van der Waals surface area (Å²) >= 11 is 0. The fourth-order valence-electron chi connectivity index (χ4n) is 3.95.